The zero-order valence-corrected chi connectivity index (χ0v) is 15.3. The SMILES string of the molecule is COC(=O)C(C(=O)O)C(C[N+](=O)[O-])c1ccc(OC)c(OC2CCCC2)c1. The van der Waals surface area contributed by atoms with Gasteiger partial charge >= 0.3 is 11.9 Å². The number of carboxylic acid groups (broad SMARTS) is 1. The molecular weight excluding hydrogens is 358 g/mol. The van der Waals surface area contributed by atoms with Gasteiger partial charge in [0.2, 0.25) is 6.54 Å². The summed E-state index contributed by atoms with van der Waals surface area (Å²) >= 11 is 0. The standard InChI is InChI=1S/C18H23NO8/c1-25-14-8-7-11(9-15(14)27-12-5-3-4-6-12)13(10-19(23)24)16(17(20)21)18(22)26-2/h7-9,12-13,16H,3-6,10H2,1-2H3,(H,20,21). The van der Waals surface area contributed by atoms with E-state index in [-0.39, 0.29) is 6.10 Å². The molecule has 1 saturated carbocycles. The van der Waals surface area contributed by atoms with E-state index in [4.69, 9.17) is 9.47 Å². The summed E-state index contributed by atoms with van der Waals surface area (Å²) in [5, 5.41) is 20.6. The van der Waals surface area contributed by atoms with Crippen LogP contribution in [0.4, 0.5) is 0 Å². The zero-order chi connectivity index (χ0) is 20.0. The molecule has 0 aliphatic heterocycles. The Morgan fingerprint density at radius 3 is 2.44 bits per heavy atom. The Balaban J connectivity index is 2.42. The van der Waals surface area contributed by atoms with Gasteiger partial charge in [0.05, 0.1) is 26.2 Å². The Labute approximate surface area is 156 Å². The minimum atomic E-state index is -1.70. The number of rotatable bonds is 9. The number of carbonyl (C=O) groups excluding carboxylic acids is 1. The summed E-state index contributed by atoms with van der Waals surface area (Å²) in [5.74, 6) is -4.61. The fourth-order valence-electron chi connectivity index (χ4n) is 3.33. The van der Waals surface area contributed by atoms with Crippen LogP contribution in [0.1, 0.15) is 37.2 Å². The Bertz CT molecular complexity index is 699. The highest BCUT2D eigenvalue weighted by molar-refractivity contribution is 5.95. The topological polar surface area (TPSA) is 125 Å². The fraction of sp³-hybridized carbons (Fsp3) is 0.556. The van der Waals surface area contributed by atoms with Crippen LogP contribution in [0, 0.1) is 16.0 Å². The van der Waals surface area contributed by atoms with Gasteiger partial charge in [-0.05, 0) is 43.4 Å². The number of ether oxygens (including phenoxy) is 3. The van der Waals surface area contributed by atoms with Gasteiger partial charge in [-0.1, -0.05) is 6.07 Å². The molecule has 0 heterocycles. The highest BCUT2D eigenvalue weighted by atomic mass is 16.6. The molecule has 0 radical (unpaired) electrons. The predicted molar refractivity (Wildman–Crippen MR) is 93.6 cm³/mol. The highest BCUT2D eigenvalue weighted by Gasteiger charge is 2.40. The molecule has 1 aliphatic carbocycles. The normalized spacial score (nSPS) is 16.4. The molecule has 9 heteroatoms. The van der Waals surface area contributed by atoms with Crippen molar-refractivity contribution in [2.75, 3.05) is 20.8 Å². The first-order chi connectivity index (χ1) is 12.9. The Hall–Kier alpha value is -2.84. The first-order valence-electron chi connectivity index (χ1n) is 8.64. The number of benzene rings is 1. The molecule has 0 saturated heterocycles. The van der Waals surface area contributed by atoms with Crippen LogP contribution in [0.15, 0.2) is 18.2 Å². The molecule has 2 atom stereocenters. The first-order valence-corrected chi connectivity index (χ1v) is 8.64. The summed E-state index contributed by atoms with van der Waals surface area (Å²) in [6, 6.07) is 4.58. The van der Waals surface area contributed by atoms with Crippen molar-refractivity contribution in [1.29, 1.82) is 0 Å². The van der Waals surface area contributed by atoms with Crippen molar-refractivity contribution in [3.63, 3.8) is 0 Å². The van der Waals surface area contributed by atoms with Gasteiger partial charge in [0, 0.05) is 4.92 Å². The second-order valence-electron chi connectivity index (χ2n) is 6.40. The highest BCUT2D eigenvalue weighted by Crippen LogP contribution is 2.36. The van der Waals surface area contributed by atoms with Gasteiger partial charge < -0.3 is 19.3 Å². The molecule has 148 valence electrons. The monoisotopic (exact) mass is 381 g/mol. The zero-order valence-electron chi connectivity index (χ0n) is 15.3. The van der Waals surface area contributed by atoms with E-state index in [1.165, 1.54) is 19.2 Å². The second-order valence-corrected chi connectivity index (χ2v) is 6.40. The van der Waals surface area contributed by atoms with Crippen molar-refractivity contribution >= 4 is 11.9 Å². The predicted octanol–water partition coefficient (Wildman–Crippen LogP) is 2.25. The number of hydrogen-bond donors (Lipinski definition) is 1. The average Bonchev–Trinajstić information content (AvgIpc) is 3.13. The number of carbonyl (C=O) groups is 2. The lowest BCUT2D eigenvalue weighted by atomic mass is 9.85. The molecule has 2 rings (SSSR count). The van der Waals surface area contributed by atoms with Crippen LogP contribution in [-0.2, 0) is 14.3 Å². The van der Waals surface area contributed by atoms with Gasteiger partial charge in [-0.15, -0.1) is 0 Å². The van der Waals surface area contributed by atoms with Gasteiger partial charge in [0.1, 0.15) is 0 Å². The molecule has 1 aromatic carbocycles. The molecule has 1 N–H and O–H groups in total. The lowest BCUT2D eigenvalue weighted by molar-refractivity contribution is -0.484. The largest absolute Gasteiger partial charge is 0.493 e. The Kier molecular flexibility index (Phi) is 6.98. The average molecular weight is 381 g/mol. The number of carboxylic acids is 1. The summed E-state index contributed by atoms with van der Waals surface area (Å²) in [7, 11) is 2.52. The maximum absolute atomic E-state index is 12.0. The minimum absolute atomic E-state index is 0.0130. The van der Waals surface area contributed by atoms with Gasteiger partial charge in [0.25, 0.3) is 0 Å². The van der Waals surface area contributed by atoms with Crippen LogP contribution in [-0.4, -0.2) is 48.8 Å². The molecular formula is C18H23NO8. The van der Waals surface area contributed by atoms with Gasteiger partial charge in [0.15, 0.2) is 17.4 Å². The van der Waals surface area contributed by atoms with E-state index in [0.717, 1.165) is 32.8 Å². The van der Waals surface area contributed by atoms with Crippen LogP contribution >= 0.6 is 0 Å². The summed E-state index contributed by atoms with van der Waals surface area (Å²) in [5.41, 5.74) is 0.304. The lowest BCUT2D eigenvalue weighted by Crippen LogP contribution is -2.34. The van der Waals surface area contributed by atoms with Crippen LogP contribution in [0.25, 0.3) is 0 Å². The van der Waals surface area contributed by atoms with E-state index < -0.39 is 35.2 Å². The summed E-state index contributed by atoms with van der Waals surface area (Å²) in [4.78, 5) is 34.0. The van der Waals surface area contributed by atoms with Crippen LogP contribution < -0.4 is 9.47 Å². The molecule has 0 aromatic heterocycles. The van der Waals surface area contributed by atoms with Gasteiger partial charge in [-0.2, -0.15) is 0 Å². The van der Waals surface area contributed by atoms with Crippen molar-refractivity contribution in [1.82, 2.24) is 0 Å². The quantitative estimate of drug-likeness (QED) is 0.299. The number of nitrogens with zero attached hydrogens (tertiary/aromatic N) is 1. The van der Waals surface area contributed by atoms with Gasteiger partial charge in [-0.25, -0.2) is 0 Å². The van der Waals surface area contributed by atoms with Crippen molar-refractivity contribution < 1.29 is 33.8 Å². The maximum atomic E-state index is 12.0. The summed E-state index contributed by atoms with van der Waals surface area (Å²) < 4.78 is 15.8. The van der Waals surface area contributed by atoms with E-state index in [0.29, 0.717) is 17.1 Å². The maximum Gasteiger partial charge on any atom is 0.320 e. The molecule has 0 spiro atoms. The number of esters is 1. The number of methoxy groups -OCH3 is 2. The van der Waals surface area contributed by atoms with Crippen LogP contribution in [0.2, 0.25) is 0 Å². The molecule has 1 aromatic rings. The molecule has 9 nitrogen and oxygen atoms in total. The summed E-state index contributed by atoms with van der Waals surface area (Å²) in [6.45, 7) is -0.735. The summed E-state index contributed by atoms with van der Waals surface area (Å²) in [6.07, 6.45) is 3.91. The van der Waals surface area contributed by atoms with Crippen LogP contribution in [0.3, 0.4) is 0 Å². The number of hydrogen-bond acceptors (Lipinski definition) is 7. The van der Waals surface area contributed by atoms with E-state index in [1.54, 1.807) is 6.07 Å². The van der Waals surface area contributed by atoms with E-state index in [1.807, 2.05) is 0 Å². The Morgan fingerprint density at radius 2 is 1.93 bits per heavy atom. The third kappa shape index (κ3) is 5.08. The molecule has 1 aliphatic rings. The van der Waals surface area contributed by atoms with E-state index >= 15 is 0 Å². The minimum Gasteiger partial charge on any atom is -0.493 e. The number of aliphatic carboxylic acids is 1. The fourth-order valence-corrected chi connectivity index (χ4v) is 3.33. The lowest BCUT2D eigenvalue weighted by Gasteiger charge is -2.22. The third-order valence-electron chi connectivity index (χ3n) is 4.68. The van der Waals surface area contributed by atoms with E-state index in [9.17, 15) is 24.8 Å². The van der Waals surface area contributed by atoms with Crippen molar-refractivity contribution in [2.24, 2.45) is 5.92 Å². The van der Waals surface area contributed by atoms with Crippen LogP contribution in [0.5, 0.6) is 11.5 Å². The van der Waals surface area contributed by atoms with Gasteiger partial charge in [-0.3, -0.25) is 19.7 Å². The Morgan fingerprint density at radius 1 is 1.26 bits per heavy atom. The molecule has 27 heavy (non-hydrogen) atoms. The van der Waals surface area contributed by atoms with Crippen molar-refractivity contribution in [2.45, 2.75) is 37.7 Å². The smallest absolute Gasteiger partial charge is 0.320 e. The van der Waals surface area contributed by atoms with Crippen molar-refractivity contribution in [3.8, 4) is 11.5 Å². The molecule has 1 fully saturated rings. The van der Waals surface area contributed by atoms with Crippen molar-refractivity contribution in [3.05, 3.63) is 33.9 Å². The molecule has 2 unspecified atom stereocenters. The molecule has 0 amide bonds. The molecule has 0 bridgehead atoms. The third-order valence-corrected chi connectivity index (χ3v) is 4.68. The first kappa shape index (κ1) is 20.5. The second kappa shape index (κ2) is 9.20. The van der Waals surface area contributed by atoms with E-state index in [2.05, 4.69) is 4.74 Å². The number of nitro groups is 1.